The van der Waals surface area contributed by atoms with Crippen LogP contribution in [0.1, 0.15) is 33.4 Å². The van der Waals surface area contributed by atoms with Crippen LogP contribution in [-0.4, -0.2) is 9.97 Å². The minimum Gasteiger partial charge on any atom is -0.305 e. The molecule has 2 nitrogen and oxygen atoms in total. The summed E-state index contributed by atoms with van der Waals surface area (Å²) in [7, 11) is 0. The van der Waals surface area contributed by atoms with Crippen molar-refractivity contribution in [3.05, 3.63) is 155 Å². The van der Waals surface area contributed by atoms with Crippen molar-refractivity contribution in [2.75, 3.05) is 0 Å². The molecular weight excluding hydrogens is 704 g/mol. The van der Waals surface area contributed by atoms with E-state index in [2.05, 4.69) is 100 Å². The van der Waals surface area contributed by atoms with E-state index in [1.165, 1.54) is 55.6 Å². The molecule has 3 heteroatoms. The minimum atomic E-state index is 0. The first-order valence-corrected chi connectivity index (χ1v) is 14.3. The molecule has 0 unspecified atom stereocenters. The largest absolute Gasteiger partial charge is 2.00 e. The first-order chi connectivity index (χ1) is 20.3. The molecule has 6 rings (SSSR count). The van der Waals surface area contributed by atoms with Gasteiger partial charge in [-0.15, -0.1) is 59.7 Å². The molecule has 0 atom stereocenters. The van der Waals surface area contributed by atoms with Crippen LogP contribution in [0.15, 0.2) is 109 Å². The number of benzene rings is 4. The van der Waals surface area contributed by atoms with Crippen LogP contribution in [0.25, 0.3) is 44.8 Å². The molecule has 216 valence electrons. The fraction of sp³-hybridized carbons (Fsp3) is 0.150. The van der Waals surface area contributed by atoms with Gasteiger partial charge in [0.2, 0.25) is 0 Å². The van der Waals surface area contributed by atoms with E-state index in [1.54, 1.807) is 0 Å². The molecule has 43 heavy (non-hydrogen) atoms. The maximum Gasteiger partial charge on any atom is 2.00 e. The summed E-state index contributed by atoms with van der Waals surface area (Å²) >= 11 is 0. The van der Waals surface area contributed by atoms with Crippen molar-refractivity contribution >= 4 is 0 Å². The van der Waals surface area contributed by atoms with E-state index in [1.807, 2.05) is 73.1 Å². The molecule has 0 aliphatic heterocycles. The van der Waals surface area contributed by atoms with Gasteiger partial charge in [-0.25, -0.2) is 0 Å². The smallest absolute Gasteiger partial charge is 0.305 e. The number of aryl methyl sites for hydroxylation is 6. The maximum atomic E-state index is 4.48. The molecule has 0 N–H and O–H groups in total. The number of hydrogen-bond donors (Lipinski definition) is 0. The Bertz CT molecular complexity index is 1640. The second-order valence-corrected chi connectivity index (χ2v) is 10.9. The predicted octanol–water partition coefficient (Wildman–Crippen LogP) is 10.3. The first-order valence-electron chi connectivity index (χ1n) is 14.3. The summed E-state index contributed by atoms with van der Waals surface area (Å²) in [6, 6.07) is 39.9. The van der Waals surface area contributed by atoms with Crippen molar-refractivity contribution in [3.8, 4) is 44.8 Å². The van der Waals surface area contributed by atoms with E-state index in [4.69, 9.17) is 0 Å². The number of pyridine rings is 2. The molecule has 0 fully saturated rings. The number of aromatic nitrogens is 2. The molecule has 0 aliphatic rings. The molecule has 0 spiro atoms. The van der Waals surface area contributed by atoms with Crippen molar-refractivity contribution in [1.29, 1.82) is 0 Å². The summed E-state index contributed by atoms with van der Waals surface area (Å²) in [4.78, 5) is 8.96. The minimum absolute atomic E-state index is 0. The Morgan fingerprint density at radius 3 is 1.16 bits per heavy atom. The van der Waals surface area contributed by atoms with E-state index in [0.717, 1.165) is 22.5 Å². The van der Waals surface area contributed by atoms with Crippen molar-refractivity contribution < 1.29 is 21.1 Å². The van der Waals surface area contributed by atoms with Crippen LogP contribution in [0.3, 0.4) is 0 Å². The monoisotopic (exact) mass is 739 g/mol. The second kappa shape index (κ2) is 14.4. The molecule has 0 saturated carbocycles. The average molecular weight is 740 g/mol. The normalized spacial score (nSPS) is 10.4. The number of hydrogen-bond acceptors (Lipinski definition) is 2. The van der Waals surface area contributed by atoms with E-state index >= 15 is 0 Å². The molecule has 2 aromatic heterocycles. The zero-order valence-electron chi connectivity index (χ0n) is 25.6. The second-order valence-electron chi connectivity index (χ2n) is 10.9. The third-order valence-corrected chi connectivity index (χ3v) is 7.45. The van der Waals surface area contributed by atoms with E-state index in [0.29, 0.717) is 0 Å². The standard InChI is InChI=1S/2C20H18N.Pt/c2*1-14-12-15(2)20(16(3)13-14)18-9-5-4-8-17(18)19-10-6-7-11-21-19;/h2*4-7,9-13H,1-3H3;/q2*-1;+2. The van der Waals surface area contributed by atoms with E-state index in [-0.39, 0.29) is 21.1 Å². The van der Waals surface area contributed by atoms with Gasteiger partial charge in [-0.3, -0.25) is 0 Å². The maximum absolute atomic E-state index is 4.48. The van der Waals surface area contributed by atoms with Gasteiger partial charge < -0.3 is 9.97 Å². The van der Waals surface area contributed by atoms with Crippen LogP contribution >= 0.6 is 0 Å². The molecule has 0 bridgehead atoms. The Morgan fingerprint density at radius 2 is 0.837 bits per heavy atom. The Hall–Kier alpha value is -4.13. The van der Waals surface area contributed by atoms with Crippen molar-refractivity contribution in [2.24, 2.45) is 0 Å². The van der Waals surface area contributed by atoms with Gasteiger partial charge in [0.25, 0.3) is 0 Å². The van der Waals surface area contributed by atoms with E-state index in [9.17, 15) is 0 Å². The quantitative estimate of drug-likeness (QED) is 0.168. The molecule has 0 radical (unpaired) electrons. The summed E-state index contributed by atoms with van der Waals surface area (Å²) < 4.78 is 0. The summed E-state index contributed by atoms with van der Waals surface area (Å²) in [5.41, 5.74) is 16.8. The van der Waals surface area contributed by atoms with Crippen LogP contribution < -0.4 is 0 Å². The Kier molecular flexibility index (Phi) is 10.6. The van der Waals surface area contributed by atoms with Gasteiger partial charge in [-0.1, -0.05) is 104 Å². The first kappa shape index (κ1) is 31.8. The number of nitrogens with zero attached hydrogens (tertiary/aromatic N) is 2. The zero-order chi connectivity index (χ0) is 29.6. The van der Waals surface area contributed by atoms with Gasteiger partial charge in [0, 0.05) is 12.4 Å². The summed E-state index contributed by atoms with van der Waals surface area (Å²) in [5, 5.41) is 0. The van der Waals surface area contributed by atoms with Crippen LogP contribution in [-0.2, 0) is 21.1 Å². The molecule has 0 amide bonds. The molecule has 0 aliphatic carbocycles. The SMILES string of the molecule is Cc1cc(C)c(-c2ccc[c-]c2-c2ccccn2)c(C)c1.Cc1cc(C)c(-c2ccc[c-]c2-c2ccccn2)c(C)c1.[Pt+2]. The van der Waals surface area contributed by atoms with Crippen molar-refractivity contribution in [3.63, 3.8) is 0 Å². The van der Waals surface area contributed by atoms with E-state index < -0.39 is 0 Å². The topological polar surface area (TPSA) is 25.8 Å². The van der Waals surface area contributed by atoms with Crippen molar-refractivity contribution in [1.82, 2.24) is 9.97 Å². The van der Waals surface area contributed by atoms with Gasteiger partial charge in [-0.2, -0.15) is 0 Å². The van der Waals surface area contributed by atoms with Crippen molar-refractivity contribution in [2.45, 2.75) is 41.5 Å². The van der Waals surface area contributed by atoms with Crippen LogP contribution in [0.5, 0.6) is 0 Å². The van der Waals surface area contributed by atoms with Crippen LogP contribution in [0.4, 0.5) is 0 Å². The van der Waals surface area contributed by atoms with Gasteiger partial charge in [-0.05, 0) is 65.1 Å². The van der Waals surface area contributed by atoms with Gasteiger partial charge >= 0.3 is 21.1 Å². The van der Waals surface area contributed by atoms with Gasteiger partial charge in [0.05, 0.1) is 0 Å². The van der Waals surface area contributed by atoms with Gasteiger partial charge in [0.1, 0.15) is 0 Å². The third kappa shape index (κ3) is 7.27. The summed E-state index contributed by atoms with van der Waals surface area (Å²) in [6.45, 7) is 13.0. The molecule has 6 aromatic rings. The van der Waals surface area contributed by atoms with Gasteiger partial charge in [0.15, 0.2) is 0 Å². The van der Waals surface area contributed by atoms with Crippen LogP contribution in [0.2, 0.25) is 0 Å². The molecule has 4 aromatic carbocycles. The Balaban J connectivity index is 0.000000192. The predicted molar refractivity (Wildman–Crippen MR) is 176 cm³/mol. The van der Waals surface area contributed by atoms with Crippen LogP contribution in [0, 0.1) is 53.7 Å². The zero-order valence-corrected chi connectivity index (χ0v) is 27.9. The Labute approximate surface area is 271 Å². The average Bonchev–Trinajstić information content (AvgIpc) is 2.98. The molecule has 2 heterocycles. The fourth-order valence-corrected chi connectivity index (χ4v) is 5.95. The fourth-order valence-electron chi connectivity index (χ4n) is 5.95. The Morgan fingerprint density at radius 1 is 0.465 bits per heavy atom. The summed E-state index contributed by atoms with van der Waals surface area (Å²) in [5.74, 6) is 0. The third-order valence-electron chi connectivity index (χ3n) is 7.45. The molecule has 0 saturated heterocycles. The summed E-state index contributed by atoms with van der Waals surface area (Å²) in [6.07, 6.45) is 3.66. The number of rotatable bonds is 4. The molecular formula is C40H36N2Pt.